The molecule has 0 fully saturated rings. The third-order valence-electron chi connectivity index (χ3n) is 9.62. The van der Waals surface area contributed by atoms with Crippen LogP contribution in [0.15, 0.2) is 207 Å². The first-order chi connectivity index (χ1) is 26.7. The lowest BCUT2D eigenvalue weighted by Crippen LogP contribution is -1.96. The first kappa shape index (κ1) is 32.6. The summed E-state index contributed by atoms with van der Waals surface area (Å²) in [6.07, 6.45) is 3.64. The highest BCUT2D eigenvalue weighted by Crippen LogP contribution is 2.35. The molecule has 4 nitrogen and oxygen atoms in total. The molecule has 9 rings (SSSR count). The molecule has 0 bridgehead atoms. The van der Waals surface area contributed by atoms with Crippen LogP contribution >= 0.6 is 0 Å². The minimum Gasteiger partial charge on any atom is -0.255 e. The van der Waals surface area contributed by atoms with Gasteiger partial charge in [-0.1, -0.05) is 146 Å². The maximum Gasteiger partial charge on any atom is 0.0900 e. The van der Waals surface area contributed by atoms with E-state index in [0.29, 0.717) is 0 Å². The Bertz CT molecular complexity index is 2500. The van der Waals surface area contributed by atoms with Gasteiger partial charge in [0.15, 0.2) is 0 Å². The predicted octanol–water partition coefficient (Wildman–Crippen LogP) is 12.6. The lowest BCUT2D eigenvalue weighted by atomic mass is 9.97. The largest absolute Gasteiger partial charge is 0.255 e. The van der Waals surface area contributed by atoms with Crippen molar-refractivity contribution < 1.29 is 0 Å². The molecule has 0 aliphatic carbocycles. The molecule has 5 aromatic carbocycles. The molecule has 54 heavy (non-hydrogen) atoms. The van der Waals surface area contributed by atoms with Crippen molar-refractivity contribution in [2.24, 2.45) is 0 Å². The van der Waals surface area contributed by atoms with E-state index in [9.17, 15) is 0 Å². The monoisotopic (exact) mass is 690 g/mol. The quantitative estimate of drug-likeness (QED) is 0.159. The molecule has 9 aromatic rings. The third kappa shape index (κ3) is 6.97. The molecular weight excluding hydrogens is 657 g/mol. The smallest absolute Gasteiger partial charge is 0.0900 e. The first-order valence-electron chi connectivity index (χ1n) is 18.0. The first-order valence-corrected chi connectivity index (χ1v) is 18.0. The normalized spacial score (nSPS) is 11.0. The summed E-state index contributed by atoms with van der Waals surface area (Å²) in [4.78, 5) is 19.8. The van der Waals surface area contributed by atoms with Crippen molar-refractivity contribution in [3.63, 3.8) is 0 Å². The van der Waals surface area contributed by atoms with E-state index in [0.717, 1.165) is 67.5 Å². The van der Waals surface area contributed by atoms with Crippen molar-refractivity contribution in [2.75, 3.05) is 0 Å². The molecule has 0 aliphatic rings. The second-order valence-electron chi connectivity index (χ2n) is 13.2. The molecule has 0 N–H and O–H groups in total. The van der Waals surface area contributed by atoms with E-state index in [-0.39, 0.29) is 0 Å². The van der Waals surface area contributed by atoms with E-state index in [4.69, 9.17) is 15.0 Å². The van der Waals surface area contributed by atoms with Crippen molar-refractivity contribution >= 4 is 0 Å². The van der Waals surface area contributed by atoms with Crippen molar-refractivity contribution in [3.8, 4) is 89.8 Å². The Morgan fingerprint density at radius 3 is 1.11 bits per heavy atom. The minimum absolute atomic E-state index is 0.760. The van der Waals surface area contributed by atoms with Crippen LogP contribution in [-0.4, -0.2) is 19.9 Å². The van der Waals surface area contributed by atoms with Gasteiger partial charge in [-0.05, 0) is 93.0 Å². The van der Waals surface area contributed by atoms with E-state index in [1.54, 1.807) is 6.20 Å². The van der Waals surface area contributed by atoms with Gasteiger partial charge < -0.3 is 0 Å². The number of hydrogen-bond donors (Lipinski definition) is 0. The van der Waals surface area contributed by atoms with Gasteiger partial charge in [-0.25, -0.2) is 9.97 Å². The lowest BCUT2D eigenvalue weighted by Gasteiger charge is -2.13. The molecule has 0 spiro atoms. The minimum atomic E-state index is 0.760. The Kier molecular flexibility index (Phi) is 8.90. The van der Waals surface area contributed by atoms with E-state index in [2.05, 4.69) is 157 Å². The van der Waals surface area contributed by atoms with Crippen molar-refractivity contribution in [1.29, 1.82) is 0 Å². The molecule has 254 valence electrons. The summed E-state index contributed by atoms with van der Waals surface area (Å²) >= 11 is 0. The van der Waals surface area contributed by atoms with Gasteiger partial charge in [-0.3, -0.25) is 9.97 Å². The van der Waals surface area contributed by atoms with Crippen LogP contribution in [-0.2, 0) is 0 Å². The molecule has 0 radical (unpaired) electrons. The molecule has 0 unspecified atom stereocenters. The van der Waals surface area contributed by atoms with Crippen molar-refractivity contribution in [1.82, 2.24) is 19.9 Å². The Hall–Kier alpha value is -7.30. The maximum absolute atomic E-state index is 5.27. The average Bonchev–Trinajstić information content (AvgIpc) is 3.27. The number of rotatable bonds is 8. The van der Waals surface area contributed by atoms with E-state index in [1.165, 1.54) is 22.3 Å². The SMILES string of the molecule is c1ccc(-c2ccc(-c3cc(-c4ccc(-c5ccccc5)cc4)nc(-c4ccnc(-c5cc(-c6ccccc6)cc(-c6ccccn6)n5)c4)c3)cc2)cc1. The van der Waals surface area contributed by atoms with Crippen LogP contribution in [0.3, 0.4) is 0 Å². The van der Waals surface area contributed by atoms with Crippen molar-refractivity contribution in [2.45, 2.75) is 0 Å². The Morgan fingerprint density at radius 2 is 0.574 bits per heavy atom. The number of hydrogen-bond acceptors (Lipinski definition) is 4. The number of pyridine rings is 4. The molecule has 4 heterocycles. The molecule has 0 saturated heterocycles. The number of benzene rings is 5. The van der Waals surface area contributed by atoms with Crippen LogP contribution in [0.5, 0.6) is 0 Å². The summed E-state index contributed by atoms with van der Waals surface area (Å²) in [6.45, 7) is 0. The fourth-order valence-electron chi connectivity index (χ4n) is 6.78. The lowest BCUT2D eigenvalue weighted by molar-refractivity contribution is 1.22. The highest BCUT2D eigenvalue weighted by molar-refractivity contribution is 5.81. The van der Waals surface area contributed by atoms with Gasteiger partial charge in [-0.15, -0.1) is 0 Å². The zero-order valence-corrected chi connectivity index (χ0v) is 29.4. The average molecular weight is 691 g/mol. The van der Waals surface area contributed by atoms with E-state index < -0.39 is 0 Å². The van der Waals surface area contributed by atoms with Gasteiger partial charge in [-0.2, -0.15) is 0 Å². The summed E-state index contributed by atoms with van der Waals surface area (Å²) < 4.78 is 0. The highest BCUT2D eigenvalue weighted by atomic mass is 14.8. The molecule has 4 aromatic heterocycles. The van der Waals surface area contributed by atoms with Crippen LogP contribution in [0.25, 0.3) is 89.8 Å². The summed E-state index contributed by atoms with van der Waals surface area (Å²) in [6, 6.07) is 67.3. The van der Waals surface area contributed by atoms with E-state index in [1.807, 2.05) is 48.7 Å². The zero-order chi connectivity index (χ0) is 36.1. The molecule has 4 heteroatoms. The molecular formula is C50H34N4. The fourth-order valence-corrected chi connectivity index (χ4v) is 6.78. The molecule has 0 aliphatic heterocycles. The summed E-state index contributed by atoms with van der Waals surface area (Å²) in [7, 11) is 0. The fraction of sp³-hybridized carbons (Fsp3) is 0. The van der Waals surface area contributed by atoms with Gasteiger partial charge >= 0.3 is 0 Å². The summed E-state index contributed by atoms with van der Waals surface area (Å²) in [5.41, 5.74) is 16.0. The van der Waals surface area contributed by atoms with Gasteiger partial charge in [0, 0.05) is 23.5 Å². The van der Waals surface area contributed by atoms with Gasteiger partial charge in [0.1, 0.15) is 0 Å². The topological polar surface area (TPSA) is 51.6 Å². The Balaban J connectivity index is 1.15. The molecule has 0 atom stereocenters. The highest BCUT2D eigenvalue weighted by Gasteiger charge is 2.14. The van der Waals surface area contributed by atoms with Crippen LogP contribution in [0.1, 0.15) is 0 Å². The van der Waals surface area contributed by atoms with Crippen LogP contribution < -0.4 is 0 Å². The Morgan fingerprint density at radius 1 is 0.204 bits per heavy atom. The number of nitrogens with zero attached hydrogens (tertiary/aromatic N) is 4. The molecule has 0 amide bonds. The van der Waals surface area contributed by atoms with Crippen LogP contribution in [0.2, 0.25) is 0 Å². The van der Waals surface area contributed by atoms with Crippen molar-refractivity contribution in [3.05, 3.63) is 207 Å². The van der Waals surface area contributed by atoms with Gasteiger partial charge in [0.2, 0.25) is 0 Å². The van der Waals surface area contributed by atoms with E-state index >= 15 is 0 Å². The summed E-state index contributed by atoms with van der Waals surface area (Å²) in [5, 5.41) is 0. The second kappa shape index (κ2) is 14.7. The standard InChI is InChI=1S/C50H34N4/c1-4-12-35(13-5-1)38-19-21-40(22-20-38)43-31-46(41-25-23-39(24-26-41)36-14-6-2-7-15-36)53-47(32-43)42-27-29-52-48(30-42)50-34-44(37-16-8-3-9-17-37)33-49(54-50)45-18-10-11-28-51-45/h1-34H. The van der Waals surface area contributed by atoms with Gasteiger partial charge in [0.05, 0.1) is 34.2 Å². The van der Waals surface area contributed by atoms with Gasteiger partial charge in [0.25, 0.3) is 0 Å². The zero-order valence-electron chi connectivity index (χ0n) is 29.4. The number of aromatic nitrogens is 4. The molecule has 0 saturated carbocycles. The predicted molar refractivity (Wildman–Crippen MR) is 221 cm³/mol. The second-order valence-corrected chi connectivity index (χ2v) is 13.2. The summed E-state index contributed by atoms with van der Waals surface area (Å²) in [5.74, 6) is 0. The van der Waals surface area contributed by atoms with Crippen LogP contribution in [0.4, 0.5) is 0 Å². The van der Waals surface area contributed by atoms with Crippen LogP contribution in [0, 0.1) is 0 Å². The third-order valence-corrected chi connectivity index (χ3v) is 9.62. The Labute approximate surface area is 315 Å². The maximum atomic E-state index is 5.27.